The predicted molar refractivity (Wildman–Crippen MR) is 103 cm³/mol. The van der Waals surface area contributed by atoms with Crippen LogP contribution in [0.25, 0.3) is 0 Å². The highest BCUT2D eigenvalue weighted by Crippen LogP contribution is 2.29. The van der Waals surface area contributed by atoms with E-state index in [9.17, 15) is 13.2 Å². The summed E-state index contributed by atoms with van der Waals surface area (Å²) in [4.78, 5) is 18.5. The Labute approximate surface area is 160 Å². The monoisotopic (exact) mass is 400 g/mol. The van der Waals surface area contributed by atoms with Crippen LogP contribution in [0, 0.1) is 6.92 Å². The molecule has 2 heterocycles. The third kappa shape index (κ3) is 4.43. The van der Waals surface area contributed by atoms with Crippen molar-refractivity contribution < 1.29 is 13.2 Å². The van der Waals surface area contributed by atoms with Crippen LogP contribution in [-0.2, 0) is 21.9 Å². The molecule has 0 atom stereocenters. The number of nitrogens with zero attached hydrogens (tertiary/aromatic N) is 4. The van der Waals surface area contributed by atoms with E-state index in [0.717, 1.165) is 0 Å². The molecule has 2 aliphatic rings. The van der Waals surface area contributed by atoms with Crippen LogP contribution in [-0.4, -0.2) is 70.3 Å². The molecular weight excluding hydrogens is 372 g/mol. The summed E-state index contributed by atoms with van der Waals surface area (Å²) in [6, 6.07) is 0. The minimum atomic E-state index is -3.60. The Kier molecular flexibility index (Phi) is 6.29. The van der Waals surface area contributed by atoms with Crippen molar-refractivity contribution >= 4 is 27.7 Å². The molecule has 2 fully saturated rings. The zero-order valence-electron chi connectivity index (χ0n) is 15.6. The van der Waals surface area contributed by atoms with Crippen molar-refractivity contribution in [1.29, 1.82) is 0 Å². The number of carbonyl (C=O) groups excluding carboxylic acids is 1. The fraction of sp³-hybridized carbons (Fsp3) is 0.765. The summed E-state index contributed by atoms with van der Waals surface area (Å²) in [5.74, 6) is 1.31. The van der Waals surface area contributed by atoms with E-state index in [-0.39, 0.29) is 10.9 Å². The maximum Gasteiger partial charge on any atom is 0.262 e. The largest absolute Gasteiger partial charge is 0.341 e. The first-order valence-corrected chi connectivity index (χ1v) is 11.8. The van der Waals surface area contributed by atoms with Crippen molar-refractivity contribution in [3.05, 3.63) is 12.0 Å². The zero-order valence-corrected chi connectivity index (χ0v) is 17.2. The molecule has 1 saturated heterocycles. The lowest BCUT2D eigenvalue weighted by Crippen LogP contribution is -2.38. The van der Waals surface area contributed by atoms with Crippen molar-refractivity contribution in [3.63, 3.8) is 0 Å². The van der Waals surface area contributed by atoms with E-state index < -0.39 is 10.0 Å². The highest BCUT2D eigenvalue weighted by atomic mass is 32.2. The number of imidazole rings is 1. The van der Waals surface area contributed by atoms with Gasteiger partial charge in [-0.3, -0.25) is 4.79 Å². The lowest BCUT2D eigenvalue weighted by Gasteiger charge is -2.22. The van der Waals surface area contributed by atoms with E-state index in [2.05, 4.69) is 4.98 Å². The quantitative estimate of drug-likeness (QED) is 0.751. The van der Waals surface area contributed by atoms with Gasteiger partial charge in [-0.2, -0.15) is 4.31 Å². The Bertz CT molecular complexity index is 722. The molecule has 1 amide bonds. The second-order valence-corrected chi connectivity index (χ2v) is 10.3. The molecular formula is C17H28N4O3S2. The number of rotatable bonds is 5. The van der Waals surface area contributed by atoms with E-state index in [0.29, 0.717) is 49.4 Å². The maximum absolute atomic E-state index is 12.8. The molecule has 1 aliphatic carbocycles. The van der Waals surface area contributed by atoms with Crippen LogP contribution in [0.2, 0.25) is 0 Å². The zero-order chi connectivity index (χ0) is 18.7. The van der Waals surface area contributed by atoms with Crippen LogP contribution in [0.3, 0.4) is 0 Å². The van der Waals surface area contributed by atoms with Gasteiger partial charge in [0, 0.05) is 44.7 Å². The van der Waals surface area contributed by atoms with Gasteiger partial charge in [-0.25, -0.2) is 13.4 Å². The van der Waals surface area contributed by atoms with Crippen LogP contribution in [0.4, 0.5) is 0 Å². The first kappa shape index (κ1) is 19.7. The fourth-order valence-corrected chi connectivity index (χ4v) is 6.22. The topological polar surface area (TPSA) is 75.5 Å². The first-order chi connectivity index (χ1) is 12.4. The van der Waals surface area contributed by atoms with Crippen LogP contribution in [0.1, 0.15) is 37.9 Å². The summed E-state index contributed by atoms with van der Waals surface area (Å²) in [5.41, 5.74) is 0. The van der Waals surface area contributed by atoms with Crippen LogP contribution >= 0.6 is 11.8 Å². The van der Waals surface area contributed by atoms with Gasteiger partial charge in [0.1, 0.15) is 5.82 Å². The standard InChI is InChI=1S/C17H28N4O3S2/c1-14-18-16(12-19(14)2)26(23,24)21-9-5-8-20(10-11-21)17(22)13-25-15-6-3-4-7-15/h12,15H,3-11,13H2,1-2H3. The van der Waals surface area contributed by atoms with Crippen molar-refractivity contribution in [1.82, 2.24) is 18.8 Å². The molecule has 146 valence electrons. The van der Waals surface area contributed by atoms with Crippen molar-refractivity contribution in [2.75, 3.05) is 31.9 Å². The van der Waals surface area contributed by atoms with E-state index in [1.165, 1.54) is 30.0 Å². The molecule has 26 heavy (non-hydrogen) atoms. The predicted octanol–water partition coefficient (Wildman–Crippen LogP) is 1.63. The van der Waals surface area contributed by atoms with Gasteiger partial charge in [-0.1, -0.05) is 12.8 Å². The molecule has 0 aromatic carbocycles. The molecule has 0 N–H and O–H groups in total. The van der Waals surface area contributed by atoms with E-state index >= 15 is 0 Å². The Hall–Kier alpha value is -1.06. The molecule has 1 aromatic rings. The molecule has 1 saturated carbocycles. The van der Waals surface area contributed by atoms with Crippen molar-refractivity contribution in [3.8, 4) is 0 Å². The fourth-order valence-electron chi connectivity index (χ4n) is 3.50. The Balaban J connectivity index is 1.57. The molecule has 0 radical (unpaired) electrons. The highest BCUT2D eigenvalue weighted by Gasteiger charge is 2.30. The second-order valence-electron chi connectivity index (χ2n) is 7.09. The number of aromatic nitrogens is 2. The van der Waals surface area contributed by atoms with Gasteiger partial charge in [0.15, 0.2) is 5.03 Å². The molecule has 1 aromatic heterocycles. The van der Waals surface area contributed by atoms with Gasteiger partial charge in [0.25, 0.3) is 10.0 Å². The van der Waals surface area contributed by atoms with Gasteiger partial charge in [-0.15, -0.1) is 11.8 Å². The van der Waals surface area contributed by atoms with Crippen molar-refractivity contribution in [2.24, 2.45) is 7.05 Å². The molecule has 7 nitrogen and oxygen atoms in total. The van der Waals surface area contributed by atoms with Gasteiger partial charge in [0.05, 0.1) is 5.75 Å². The number of hydrogen-bond acceptors (Lipinski definition) is 5. The van der Waals surface area contributed by atoms with Gasteiger partial charge in [0.2, 0.25) is 5.91 Å². The normalized spacial score (nSPS) is 20.5. The molecule has 9 heteroatoms. The van der Waals surface area contributed by atoms with Gasteiger partial charge >= 0.3 is 0 Å². The minimum absolute atomic E-state index is 0.0917. The molecule has 1 aliphatic heterocycles. The van der Waals surface area contributed by atoms with Crippen LogP contribution in [0.15, 0.2) is 11.2 Å². The van der Waals surface area contributed by atoms with Gasteiger partial charge < -0.3 is 9.47 Å². The first-order valence-electron chi connectivity index (χ1n) is 9.27. The third-order valence-corrected chi connectivity index (χ3v) is 8.37. The second kappa shape index (κ2) is 8.31. The van der Waals surface area contributed by atoms with Crippen LogP contribution < -0.4 is 0 Å². The average molecular weight is 401 g/mol. The average Bonchev–Trinajstić information content (AvgIpc) is 3.15. The number of thioether (sulfide) groups is 1. The van der Waals surface area contributed by atoms with Gasteiger partial charge in [-0.05, 0) is 26.2 Å². The smallest absolute Gasteiger partial charge is 0.262 e. The minimum Gasteiger partial charge on any atom is -0.341 e. The Morgan fingerprint density at radius 1 is 1.19 bits per heavy atom. The number of amides is 1. The number of carbonyl (C=O) groups is 1. The number of sulfonamides is 1. The maximum atomic E-state index is 12.8. The third-order valence-electron chi connectivity index (χ3n) is 5.24. The number of aryl methyl sites for hydroxylation is 2. The highest BCUT2D eigenvalue weighted by molar-refractivity contribution is 8.00. The Morgan fingerprint density at radius 3 is 2.58 bits per heavy atom. The summed E-state index contributed by atoms with van der Waals surface area (Å²) < 4.78 is 28.8. The summed E-state index contributed by atoms with van der Waals surface area (Å²) >= 11 is 1.76. The van der Waals surface area contributed by atoms with E-state index in [1.807, 2.05) is 4.90 Å². The van der Waals surface area contributed by atoms with Crippen LogP contribution in [0.5, 0.6) is 0 Å². The summed E-state index contributed by atoms with van der Waals surface area (Å²) in [7, 11) is -1.82. The van der Waals surface area contributed by atoms with E-state index in [4.69, 9.17) is 0 Å². The Morgan fingerprint density at radius 2 is 1.92 bits per heavy atom. The lowest BCUT2D eigenvalue weighted by atomic mass is 10.4. The SMILES string of the molecule is Cc1nc(S(=O)(=O)N2CCCN(C(=O)CSC3CCCC3)CC2)cn1C. The molecule has 0 unspecified atom stereocenters. The molecule has 3 rings (SSSR count). The summed E-state index contributed by atoms with van der Waals surface area (Å²) in [5, 5.41) is 0.712. The summed E-state index contributed by atoms with van der Waals surface area (Å²) in [6.07, 6.45) is 7.19. The molecule has 0 bridgehead atoms. The van der Waals surface area contributed by atoms with Crippen molar-refractivity contribution in [2.45, 2.75) is 49.3 Å². The summed E-state index contributed by atoms with van der Waals surface area (Å²) in [6.45, 7) is 3.62. The lowest BCUT2D eigenvalue weighted by molar-refractivity contribution is -0.128. The van der Waals surface area contributed by atoms with E-state index in [1.54, 1.807) is 36.5 Å². The molecule has 0 spiro atoms. The number of hydrogen-bond donors (Lipinski definition) is 0.